The Morgan fingerprint density at radius 1 is 1.20 bits per heavy atom. The number of piperidine rings is 2. The van der Waals surface area contributed by atoms with Crippen LogP contribution in [0.4, 0.5) is 19.0 Å². The molecule has 2 saturated heterocycles. The van der Waals surface area contributed by atoms with Crippen molar-refractivity contribution in [2.45, 2.75) is 50.7 Å². The van der Waals surface area contributed by atoms with Crippen molar-refractivity contribution >= 4 is 11.7 Å². The lowest BCUT2D eigenvalue weighted by atomic mass is 9.73. The largest absolute Gasteiger partial charge is 0.416 e. The number of rotatable bonds is 2. The summed E-state index contributed by atoms with van der Waals surface area (Å²) < 4.78 is 38.9. The van der Waals surface area contributed by atoms with Crippen LogP contribution in [0.15, 0.2) is 18.3 Å². The van der Waals surface area contributed by atoms with Crippen molar-refractivity contribution in [2.24, 2.45) is 5.41 Å². The van der Waals surface area contributed by atoms with E-state index >= 15 is 0 Å². The highest BCUT2D eigenvalue weighted by atomic mass is 19.4. The zero-order chi connectivity index (χ0) is 17.7. The second kappa shape index (κ2) is 5.88. The molecule has 0 aromatic carbocycles. The van der Waals surface area contributed by atoms with Crippen molar-refractivity contribution in [1.29, 1.82) is 0 Å². The van der Waals surface area contributed by atoms with E-state index in [4.69, 9.17) is 0 Å². The molecule has 0 unspecified atom stereocenters. The molecule has 25 heavy (non-hydrogen) atoms. The van der Waals surface area contributed by atoms with E-state index in [9.17, 15) is 18.0 Å². The highest BCUT2D eigenvalue weighted by molar-refractivity contribution is 5.78. The van der Waals surface area contributed by atoms with Crippen molar-refractivity contribution in [1.82, 2.24) is 9.88 Å². The minimum Gasteiger partial charge on any atom is -0.356 e. The first-order valence-corrected chi connectivity index (χ1v) is 8.94. The Labute approximate surface area is 145 Å². The molecule has 4 nitrogen and oxygen atoms in total. The number of pyridine rings is 1. The van der Waals surface area contributed by atoms with Gasteiger partial charge in [0.2, 0.25) is 5.91 Å². The zero-order valence-electron chi connectivity index (χ0n) is 14.1. The van der Waals surface area contributed by atoms with Crippen LogP contribution < -0.4 is 4.90 Å². The number of nitrogens with zero attached hydrogens (tertiary/aromatic N) is 3. The Kier molecular flexibility index (Phi) is 3.92. The lowest BCUT2D eigenvalue weighted by molar-refractivity contribution is -0.139. The van der Waals surface area contributed by atoms with Crippen LogP contribution in [-0.4, -0.2) is 41.5 Å². The molecule has 1 saturated carbocycles. The van der Waals surface area contributed by atoms with Gasteiger partial charge in [-0.2, -0.15) is 13.2 Å². The number of carbonyl (C=O) groups excluding carboxylic acids is 1. The third kappa shape index (κ3) is 3.33. The van der Waals surface area contributed by atoms with Gasteiger partial charge in [-0.3, -0.25) is 4.79 Å². The van der Waals surface area contributed by atoms with Crippen LogP contribution in [-0.2, 0) is 11.0 Å². The summed E-state index contributed by atoms with van der Waals surface area (Å²) in [5.41, 5.74) is -0.666. The van der Waals surface area contributed by atoms with Crippen molar-refractivity contribution in [3.05, 3.63) is 23.9 Å². The minimum absolute atomic E-state index is 0.00926. The van der Waals surface area contributed by atoms with E-state index in [0.29, 0.717) is 31.4 Å². The molecular formula is C18H22F3N3O. The van der Waals surface area contributed by atoms with Gasteiger partial charge < -0.3 is 9.80 Å². The molecule has 3 fully saturated rings. The number of halogens is 3. The summed E-state index contributed by atoms with van der Waals surface area (Å²) in [6.45, 7) is 2.14. The molecule has 3 heterocycles. The van der Waals surface area contributed by atoms with Crippen molar-refractivity contribution in [3.8, 4) is 0 Å². The third-order valence-corrected chi connectivity index (χ3v) is 5.74. The Bertz CT molecular complexity index is 674. The van der Waals surface area contributed by atoms with Crippen molar-refractivity contribution < 1.29 is 18.0 Å². The topological polar surface area (TPSA) is 36.4 Å². The molecule has 1 amide bonds. The predicted octanol–water partition coefficient (Wildman–Crippen LogP) is 3.47. The number of hydrogen-bond acceptors (Lipinski definition) is 3. The van der Waals surface area contributed by atoms with E-state index in [-0.39, 0.29) is 11.3 Å². The molecule has 0 bridgehead atoms. The smallest absolute Gasteiger partial charge is 0.356 e. The fourth-order valence-electron chi connectivity index (χ4n) is 4.27. The van der Waals surface area contributed by atoms with E-state index in [2.05, 4.69) is 4.98 Å². The van der Waals surface area contributed by atoms with Crippen molar-refractivity contribution in [3.63, 3.8) is 0 Å². The lowest BCUT2D eigenvalue weighted by Crippen LogP contribution is -2.54. The first-order chi connectivity index (χ1) is 11.9. The fourth-order valence-corrected chi connectivity index (χ4v) is 4.27. The summed E-state index contributed by atoms with van der Waals surface area (Å²) >= 11 is 0. The number of alkyl halides is 3. The van der Waals surface area contributed by atoms with E-state index in [0.717, 1.165) is 50.8 Å². The highest BCUT2D eigenvalue weighted by Crippen LogP contribution is 2.43. The maximum absolute atomic E-state index is 13.0. The van der Waals surface area contributed by atoms with Crippen LogP contribution in [0.5, 0.6) is 0 Å². The molecule has 0 N–H and O–H groups in total. The summed E-state index contributed by atoms with van der Waals surface area (Å²) in [5.74, 6) is 0.631. The zero-order valence-corrected chi connectivity index (χ0v) is 14.1. The SMILES string of the molecule is O=C1CC[C@@]2(CCCN(c3cc(C(F)(F)F)ccn3)C2)CN1C1CC1. The standard InChI is InChI=1S/C18H22F3N3O/c19-18(20,21)13-5-8-22-15(10-13)23-9-1-6-17(11-23)7-4-16(25)24(12-17)14-2-3-14/h5,8,10,14H,1-4,6-7,9,11-12H2/t17-/m1/s1. The van der Waals surface area contributed by atoms with Crippen LogP contribution in [0, 0.1) is 5.41 Å². The Morgan fingerprint density at radius 2 is 2.00 bits per heavy atom. The molecule has 0 radical (unpaired) electrons. The van der Waals surface area contributed by atoms with E-state index in [1.54, 1.807) is 0 Å². The molecule has 1 spiro atoms. The Hall–Kier alpha value is -1.79. The lowest BCUT2D eigenvalue weighted by Gasteiger charge is -2.48. The average molecular weight is 353 g/mol. The summed E-state index contributed by atoms with van der Waals surface area (Å²) in [6, 6.07) is 2.55. The number of anilines is 1. The molecule has 4 rings (SSSR count). The van der Waals surface area contributed by atoms with Crippen LogP contribution in [0.2, 0.25) is 0 Å². The summed E-state index contributed by atoms with van der Waals surface area (Å²) in [6.07, 6.45) is 2.38. The maximum atomic E-state index is 13.0. The first kappa shape index (κ1) is 16.7. The highest BCUT2D eigenvalue weighted by Gasteiger charge is 2.46. The van der Waals surface area contributed by atoms with Gasteiger partial charge in [-0.05, 0) is 44.2 Å². The first-order valence-electron chi connectivity index (χ1n) is 8.94. The van der Waals surface area contributed by atoms with Gasteiger partial charge in [-0.25, -0.2) is 4.98 Å². The van der Waals surface area contributed by atoms with Gasteiger partial charge in [0.05, 0.1) is 5.56 Å². The monoisotopic (exact) mass is 353 g/mol. The van der Waals surface area contributed by atoms with Gasteiger partial charge in [0, 0.05) is 43.7 Å². The number of hydrogen-bond donors (Lipinski definition) is 0. The van der Waals surface area contributed by atoms with E-state index in [1.807, 2.05) is 9.80 Å². The number of carbonyl (C=O) groups is 1. The van der Waals surface area contributed by atoms with E-state index < -0.39 is 11.7 Å². The van der Waals surface area contributed by atoms with Gasteiger partial charge in [0.1, 0.15) is 5.82 Å². The van der Waals surface area contributed by atoms with Crippen LogP contribution in [0.3, 0.4) is 0 Å². The quantitative estimate of drug-likeness (QED) is 0.817. The van der Waals surface area contributed by atoms with E-state index in [1.165, 1.54) is 6.20 Å². The number of aromatic nitrogens is 1. The van der Waals surface area contributed by atoms with Gasteiger partial charge in [-0.15, -0.1) is 0 Å². The molecule has 1 aromatic heterocycles. The van der Waals surface area contributed by atoms with Crippen LogP contribution >= 0.6 is 0 Å². The summed E-state index contributed by atoms with van der Waals surface area (Å²) in [5, 5.41) is 0. The fraction of sp³-hybridized carbons (Fsp3) is 0.667. The van der Waals surface area contributed by atoms with Gasteiger partial charge in [0.25, 0.3) is 0 Å². The Morgan fingerprint density at radius 3 is 2.72 bits per heavy atom. The number of amides is 1. The second-order valence-electron chi connectivity index (χ2n) is 7.68. The molecule has 1 aromatic rings. The summed E-state index contributed by atoms with van der Waals surface area (Å²) in [4.78, 5) is 20.4. The minimum atomic E-state index is -4.36. The normalized spacial score (nSPS) is 27.9. The molecule has 2 aliphatic heterocycles. The number of likely N-dealkylation sites (tertiary alicyclic amines) is 1. The average Bonchev–Trinajstić information content (AvgIpc) is 3.42. The van der Waals surface area contributed by atoms with Crippen molar-refractivity contribution in [2.75, 3.05) is 24.5 Å². The van der Waals surface area contributed by atoms with Gasteiger partial charge in [0.15, 0.2) is 0 Å². The van der Waals surface area contributed by atoms with Gasteiger partial charge in [-0.1, -0.05) is 0 Å². The predicted molar refractivity (Wildman–Crippen MR) is 87.1 cm³/mol. The summed E-state index contributed by atoms with van der Waals surface area (Å²) in [7, 11) is 0. The molecule has 7 heteroatoms. The second-order valence-corrected chi connectivity index (χ2v) is 7.68. The van der Waals surface area contributed by atoms with Crippen LogP contribution in [0.25, 0.3) is 0 Å². The molecule has 1 aliphatic carbocycles. The molecule has 3 aliphatic rings. The van der Waals surface area contributed by atoms with Crippen LogP contribution in [0.1, 0.15) is 44.1 Å². The maximum Gasteiger partial charge on any atom is 0.416 e. The molecular weight excluding hydrogens is 331 g/mol. The Balaban J connectivity index is 1.54. The van der Waals surface area contributed by atoms with Gasteiger partial charge >= 0.3 is 6.18 Å². The third-order valence-electron chi connectivity index (χ3n) is 5.74. The molecule has 136 valence electrons. The molecule has 1 atom stereocenters.